The van der Waals surface area contributed by atoms with E-state index in [1.807, 2.05) is 7.05 Å². The lowest BCUT2D eigenvalue weighted by Gasteiger charge is -2.36. The summed E-state index contributed by atoms with van der Waals surface area (Å²) in [7, 11) is 1.91. The summed E-state index contributed by atoms with van der Waals surface area (Å²) in [4.78, 5) is 2.12. The van der Waals surface area contributed by atoms with Gasteiger partial charge in [0.15, 0.2) is 0 Å². The molecular weight excluding hydrogens is 283 g/mol. The molecule has 0 saturated carbocycles. The van der Waals surface area contributed by atoms with Crippen LogP contribution >= 0.6 is 0 Å². The van der Waals surface area contributed by atoms with Gasteiger partial charge in [0.2, 0.25) is 5.82 Å². The molecule has 0 aromatic carbocycles. The molecule has 0 radical (unpaired) electrons. The van der Waals surface area contributed by atoms with Gasteiger partial charge in [0, 0.05) is 25.7 Å². The van der Waals surface area contributed by atoms with Gasteiger partial charge in [-0.2, -0.15) is 13.2 Å². The Morgan fingerprint density at radius 3 is 2.38 bits per heavy atom. The largest absolute Gasteiger partial charge is 0.451 e. The molecule has 0 fully saturated rings. The standard InChI is InChI=1S/C13H22F3N5/c1-12(2,3)9(17-4)7-20-5-6-21-10(8-20)18-19-11(21)13(14,15)16/h9,17H,5-8H2,1-4H3. The van der Waals surface area contributed by atoms with E-state index >= 15 is 0 Å². The van der Waals surface area contributed by atoms with Gasteiger partial charge in [0.05, 0.1) is 6.54 Å². The van der Waals surface area contributed by atoms with Gasteiger partial charge < -0.3 is 9.88 Å². The van der Waals surface area contributed by atoms with Crippen molar-refractivity contribution in [1.29, 1.82) is 0 Å². The van der Waals surface area contributed by atoms with Crippen molar-refractivity contribution in [3.8, 4) is 0 Å². The summed E-state index contributed by atoms with van der Waals surface area (Å²) in [5.74, 6) is -0.504. The van der Waals surface area contributed by atoms with Crippen molar-refractivity contribution in [2.75, 3.05) is 20.1 Å². The maximum atomic E-state index is 12.8. The first-order valence-corrected chi connectivity index (χ1v) is 7.02. The van der Waals surface area contributed by atoms with Crippen molar-refractivity contribution in [3.63, 3.8) is 0 Å². The molecular formula is C13H22F3N5. The van der Waals surface area contributed by atoms with Crippen molar-refractivity contribution < 1.29 is 13.2 Å². The molecule has 0 bridgehead atoms. The summed E-state index contributed by atoms with van der Waals surface area (Å²) < 4.78 is 39.5. The number of fused-ring (bicyclic) bond motifs is 1. The Balaban J connectivity index is 2.09. The zero-order chi connectivity index (χ0) is 15.8. The molecule has 2 heterocycles. The summed E-state index contributed by atoms with van der Waals surface area (Å²) in [6, 6.07) is 0.258. The number of nitrogens with one attached hydrogen (secondary N) is 1. The van der Waals surface area contributed by atoms with Crippen LogP contribution in [0.5, 0.6) is 0 Å². The average molecular weight is 305 g/mol. The third-order valence-electron chi connectivity index (χ3n) is 3.92. The van der Waals surface area contributed by atoms with Crippen LogP contribution in [0.2, 0.25) is 0 Å². The fraction of sp³-hybridized carbons (Fsp3) is 0.846. The predicted molar refractivity (Wildman–Crippen MR) is 72.6 cm³/mol. The van der Waals surface area contributed by atoms with Gasteiger partial charge in [-0.05, 0) is 12.5 Å². The Morgan fingerprint density at radius 1 is 1.19 bits per heavy atom. The van der Waals surface area contributed by atoms with E-state index in [1.165, 1.54) is 4.57 Å². The van der Waals surface area contributed by atoms with E-state index in [2.05, 4.69) is 41.2 Å². The van der Waals surface area contributed by atoms with E-state index in [4.69, 9.17) is 0 Å². The summed E-state index contributed by atoms with van der Waals surface area (Å²) >= 11 is 0. The normalized spacial score (nSPS) is 18.6. The van der Waals surface area contributed by atoms with Gasteiger partial charge in [0.1, 0.15) is 5.82 Å². The zero-order valence-electron chi connectivity index (χ0n) is 12.8. The molecule has 120 valence electrons. The number of rotatable bonds is 3. The molecule has 8 heteroatoms. The van der Waals surface area contributed by atoms with Crippen molar-refractivity contribution in [2.24, 2.45) is 5.41 Å². The lowest BCUT2D eigenvalue weighted by molar-refractivity contribution is -0.148. The summed E-state index contributed by atoms with van der Waals surface area (Å²) in [6.07, 6.45) is -4.44. The molecule has 0 aliphatic carbocycles. The first-order valence-electron chi connectivity index (χ1n) is 7.02. The molecule has 0 spiro atoms. The second kappa shape index (κ2) is 5.57. The maximum Gasteiger partial charge on any atom is 0.451 e. The van der Waals surface area contributed by atoms with E-state index in [0.29, 0.717) is 18.9 Å². The minimum absolute atomic E-state index is 0.0804. The molecule has 5 nitrogen and oxygen atoms in total. The highest BCUT2D eigenvalue weighted by Crippen LogP contribution is 2.29. The number of halogens is 3. The molecule has 0 saturated heterocycles. The average Bonchev–Trinajstić information content (AvgIpc) is 2.77. The summed E-state index contributed by atoms with van der Waals surface area (Å²) in [6.45, 7) is 8.44. The van der Waals surface area contributed by atoms with E-state index in [-0.39, 0.29) is 18.0 Å². The van der Waals surface area contributed by atoms with E-state index < -0.39 is 12.0 Å². The Labute approximate surface area is 122 Å². The lowest BCUT2D eigenvalue weighted by atomic mass is 9.86. The lowest BCUT2D eigenvalue weighted by Crippen LogP contribution is -2.49. The minimum Gasteiger partial charge on any atom is -0.315 e. The zero-order valence-corrected chi connectivity index (χ0v) is 12.8. The fourth-order valence-corrected chi connectivity index (χ4v) is 2.63. The molecule has 2 rings (SSSR count). The van der Waals surface area contributed by atoms with Gasteiger partial charge >= 0.3 is 6.18 Å². The van der Waals surface area contributed by atoms with Crippen LogP contribution in [0.1, 0.15) is 32.4 Å². The van der Waals surface area contributed by atoms with Gasteiger partial charge in [-0.1, -0.05) is 20.8 Å². The van der Waals surface area contributed by atoms with Crippen LogP contribution < -0.4 is 5.32 Å². The molecule has 1 N–H and O–H groups in total. The van der Waals surface area contributed by atoms with Crippen LogP contribution in [-0.4, -0.2) is 45.8 Å². The number of nitrogens with zero attached hydrogens (tertiary/aromatic N) is 4. The first kappa shape index (κ1) is 16.2. The van der Waals surface area contributed by atoms with Crippen LogP contribution in [-0.2, 0) is 19.3 Å². The SMILES string of the molecule is CNC(CN1CCn2c(nnc2C(F)(F)F)C1)C(C)(C)C. The van der Waals surface area contributed by atoms with Crippen molar-refractivity contribution in [3.05, 3.63) is 11.6 Å². The quantitative estimate of drug-likeness (QED) is 0.924. The van der Waals surface area contributed by atoms with E-state index in [0.717, 1.165) is 6.54 Å². The Kier molecular flexibility index (Phi) is 4.30. The van der Waals surface area contributed by atoms with Gasteiger partial charge in [-0.3, -0.25) is 4.90 Å². The second-order valence-electron chi connectivity index (χ2n) is 6.53. The first-order chi connectivity index (χ1) is 9.63. The van der Waals surface area contributed by atoms with E-state index in [1.54, 1.807) is 0 Å². The Hall–Kier alpha value is -1.15. The van der Waals surface area contributed by atoms with Crippen LogP contribution in [0.3, 0.4) is 0 Å². The Bertz CT molecular complexity index is 489. The highest BCUT2D eigenvalue weighted by Gasteiger charge is 2.39. The Morgan fingerprint density at radius 2 is 1.86 bits per heavy atom. The predicted octanol–water partition coefficient (Wildman–Crippen LogP) is 1.75. The molecule has 1 unspecified atom stereocenters. The topological polar surface area (TPSA) is 46.0 Å². The number of aromatic nitrogens is 3. The third kappa shape index (κ3) is 3.55. The van der Waals surface area contributed by atoms with Crippen LogP contribution in [0.15, 0.2) is 0 Å². The number of hydrogen-bond acceptors (Lipinski definition) is 4. The van der Waals surface area contributed by atoms with Crippen LogP contribution in [0.25, 0.3) is 0 Å². The van der Waals surface area contributed by atoms with Crippen molar-refractivity contribution in [1.82, 2.24) is 25.0 Å². The third-order valence-corrected chi connectivity index (χ3v) is 3.92. The minimum atomic E-state index is -4.44. The van der Waals surface area contributed by atoms with Crippen molar-refractivity contribution in [2.45, 2.75) is 46.1 Å². The highest BCUT2D eigenvalue weighted by atomic mass is 19.4. The molecule has 1 atom stereocenters. The number of likely N-dealkylation sites (N-methyl/N-ethyl adjacent to an activating group) is 1. The highest BCUT2D eigenvalue weighted by molar-refractivity contribution is 5.02. The number of alkyl halides is 3. The monoisotopic (exact) mass is 305 g/mol. The van der Waals surface area contributed by atoms with Gasteiger partial charge in [-0.25, -0.2) is 0 Å². The summed E-state index contributed by atoms with van der Waals surface area (Å²) in [5.41, 5.74) is 0.0804. The molecule has 0 amide bonds. The summed E-state index contributed by atoms with van der Waals surface area (Å²) in [5, 5.41) is 10.3. The van der Waals surface area contributed by atoms with Gasteiger partial charge in [0.25, 0.3) is 0 Å². The molecule has 1 aromatic heterocycles. The smallest absolute Gasteiger partial charge is 0.315 e. The molecule has 1 aliphatic rings. The maximum absolute atomic E-state index is 12.8. The molecule has 1 aliphatic heterocycles. The van der Waals surface area contributed by atoms with Crippen molar-refractivity contribution >= 4 is 0 Å². The van der Waals surface area contributed by atoms with Crippen LogP contribution in [0, 0.1) is 5.41 Å². The van der Waals surface area contributed by atoms with Crippen LogP contribution in [0.4, 0.5) is 13.2 Å². The fourth-order valence-electron chi connectivity index (χ4n) is 2.63. The van der Waals surface area contributed by atoms with Gasteiger partial charge in [-0.15, -0.1) is 10.2 Å². The van der Waals surface area contributed by atoms with E-state index in [9.17, 15) is 13.2 Å². The molecule has 21 heavy (non-hydrogen) atoms. The number of hydrogen-bond donors (Lipinski definition) is 1. The second-order valence-corrected chi connectivity index (χ2v) is 6.53. The molecule has 1 aromatic rings.